The number of hydrogen-bond acceptors (Lipinski definition) is 5. The Morgan fingerprint density at radius 3 is 2.64 bits per heavy atom. The number of halogens is 4. The maximum atomic E-state index is 13.9. The van der Waals surface area contributed by atoms with Gasteiger partial charge in [0.2, 0.25) is 5.91 Å². The number of anilines is 1. The zero-order valence-electron chi connectivity index (χ0n) is 17.5. The fourth-order valence-corrected chi connectivity index (χ4v) is 4.58. The molecule has 0 aliphatic rings. The molecular formula is C21H19BrCl2FN5O2S. The number of thioether (sulfide) groups is 1. The molecule has 2 N–H and O–H groups in total. The Morgan fingerprint density at radius 2 is 1.97 bits per heavy atom. The molecule has 3 rings (SSSR count). The first kappa shape index (κ1) is 25.5. The van der Waals surface area contributed by atoms with Gasteiger partial charge in [0.1, 0.15) is 5.82 Å². The molecule has 12 heteroatoms. The number of hydrogen-bond donors (Lipinski definition) is 2. The standard InChI is InChI=1S/C21H19BrCl2FN5O2S/c1-3-30-19(11(2)26-20(32)14-6-5-13(23)9-15(14)24)28-29-21(30)33-10-18(31)27-17-7-4-12(22)8-16(17)25/h4-9,11H,3,10H2,1-2H3,(H,26,32)(H,27,31)/t11-/m0/s1. The minimum atomic E-state index is -0.535. The molecule has 3 aromatic rings. The van der Waals surface area contributed by atoms with E-state index in [1.54, 1.807) is 29.7 Å². The maximum Gasteiger partial charge on any atom is 0.253 e. The van der Waals surface area contributed by atoms with Crippen molar-refractivity contribution < 1.29 is 14.0 Å². The van der Waals surface area contributed by atoms with Crippen LogP contribution >= 0.6 is 50.9 Å². The lowest BCUT2D eigenvalue weighted by Gasteiger charge is -2.15. The average Bonchev–Trinajstić information content (AvgIpc) is 3.17. The highest BCUT2D eigenvalue weighted by Crippen LogP contribution is 2.24. The van der Waals surface area contributed by atoms with Crippen molar-refractivity contribution in [3.05, 3.63) is 68.1 Å². The minimum absolute atomic E-state index is 0.00869. The molecule has 0 aliphatic carbocycles. The smallest absolute Gasteiger partial charge is 0.253 e. The van der Waals surface area contributed by atoms with Gasteiger partial charge in [0.05, 0.1) is 28.1 Å². The second kappa shape index (κ2) is 11.3. The summed E-state index contributed by atoms with van der Waals surface area (Å²) in [7, 11) is 0. The summed E-state index contributed by atoms with van der Waals surface area (Å²) in [5.41, 5.74) is 0.389. The maximum absolute atomic E-state index is 13.9. The Labute approximate surface area is 212 Å². The SMILES string of the molecule is CCn1c(SCC(=O)Nc2ccc(Br)cc2F)nnc1[C@H](C)NC(=O)c1ccc(Cl)cc1Cl. The van der Waals surface area contributed by atoms with Crippen LogP contribution in [0.2, 0.25) is 10.0 Å². The molecule has 1 aromatic heterocycles. The van der Waals surface area contributed by atoms with Gasteiger partial charge >= 0.3 is 0 Å². The molecule has 7 nitrogen and oxygen atoms in total. The van der Waals surface area contributed by atoms with Crippen molar-refractivity contribution >= 4 is 68.4 Å². The molecule has 174 valence electrons. The van der Waals surface area contributed by atoms with E-state index in [-0.39, 0.29) is 28.3 Å². The van der Waals surface area contributed by atoms with Crippen molar-refractivity contribution in [3.8, 4) is 0 Å². The molecule has 0 bridgehead atoms. The molecule has 33 heavy (non-hydrogen) atoms. The molecule has 0 radical (unpaired) electrons. The van der Waals surface area contributed by atoms with Crippen LogP contribution in [0.4, 0.5) is 10.1 Å². The molecule has 1 heterocycles. The van der Waals surface area contributed by atoms with E-state index in [0.29, 0.717) is 32.6 Å². The summed E-state index contributed by atoms with van der Waals surface area (Å²) in [4.78, 5) is 24.9. The van der Waals surface area contributed by atoms with E-state index in [2.05, 4.69) is 36.8 Å². The average molecular weight is 575 g/mol. The molecule has 2 aromatic carbocycles. The number of nitrogens with one attached hydrogen (secondary N) is 2. The molecule has 1 atom stereocenters. The van der Waals surface area contributed by atoms with Crippen molar-refractivity contribution in [2.45, 2.75) is 31.6 Å². The third kappa shape index (κ3) is 6.47. The predicted octanol–water partition coefficient (Wildman–Crippen LogP) is 5.73. The quantitative estimate of drug-likeness (QED) is 0.335. The fraction of sp³-hybridized carbons (Fsp3) is 0.238. The van der Waals surface area contributed by atoms with Gasteiger partial charge in [-0.3, -0.25) is 9.59 Å². The van der Waals surface area contributed by atoms with Crippen LogP contribution in [-0.2, 0) is 11.3 Å². The molecule has 0 unspecified atom stereocenters. The van der Waals surface area contributed by atoms with E-state index in [9.17, 15) is 14.0 Å². The molecule has 0 fully saturated rings. The van der Waals surface area contributed by atoms with Gasteiger partial charge < -0.3 is 15.2 Å². The highest BCUT2D eigenvalue weighted by molar-refractivity contribution is 9.10. The molecular weight excluding hydrogens is 556 g/mol. The van der Waals surface area contributed by atoms with Crippen LogP contribution in [0.15, 0.2) is 46.0 Å². The van der Waals surface area contributed by atoms with Crippen molar-refractivity contribution in [1.82, 2.24) is 20.1 Å². The lowest BCUT2D eigenvalue weighted by Crippen LogP contribution is -2.29. The van der Waals surface area contributed by atoms with Gasteiger partial charge in [0.25, 0.3) is 5.91 Å². The molecule has 0 aliphatic heterocycles. The van der Waals surface area contributed by atoms with E-state index in [1.165, 1.54) is 18.2 Å². The third-order valence-electron chi connectivity index (χ3n) is 4.51. The van der Waals surface area contributed by atoms with Gasteiger partial charge in [-0.05, 0) is 50.2 Å². The van der Waals surface area contributed by atoms with Crippen molar-refractivity contribution in [3.63, 3.8) is 0 Å². The van der Waals surface area contributed by atoms with E-state index in [0.717, 1.165) is 11.8 Å². The van der Waals surface area contributed by atoms with E-state index in [4.69, 9.17) is 23.2 Å². The zero-order chi connectivity index (χ0) is 24.1. The highest BCUT2D eigenvalue weighted by atomic mass is 79.9. The van der Waals surface area contributed by atoms with Crippen molar-refractivity contribution in [1.29, 1.82) is 0 Å². The lowest BCUT2D eigenvalue weighted by atomic mass is 10.2. The van der Waals surface area contributed by atoms with Gasteiger partial charge in [-0.15, -0.1) is 10.2 Å². The summed E-state index contributed by atoms with van der Waals surface area (Å²) in [5.74, 6) is -0.758. The molecule has 0 spiro atoms. The van der Waals surface area contributed by atoms with Crippen molar-refractivity contribution in [2.75, 3.05) is 11.1 Å². The highest BCUT2D eigenvalue weighted by Gasteiger charge is 2.21. The van der Waals surface area contributed by atoms with Crippen molar-refractivity contribution in [2.24, 2.45) is 0 Å². The van der Waals surface area contributed by atoms with Crippen LogP contribution in [-0.4, -0.2) is 32.3 Å². The number of benzene rings is 2. The first-order valence-corrected chi connectivity index (χ1v) is 12.3. The van der Waals surface area contributed by atoms with Crippen LogP contribution in [0.3, 0.4) is 0 Å². The minimum Gasteiger partial charge on any atom is -0.342 e. The number of carbonyl (C=O) groups excluding carboxylic acids is 2. The van der Waals surface area contributed by atoms with Gasteiger partial charge in [0.15, 0.2) is 11.0 Å². The summed E-state index contributed by atoms with van der Waals surface area (Å²) in [6.45, 7) is 4.20. The van der Waals surface area contributed by atoms with Gasteiger partial charge in [-0.2, -0.15) is 0 Å². The summed E-state index contributed by atoms with van der Waals surface area (Å²) >= 11 is 16.3. The Bertz CT molecular complexity index is 1190. The zero-order valence-corrected chi connectivity index (χ0v) is 21.4. The van der Waals surface area contributed by atoms with Crippen LogP contribution in [0.5, 0.6) is 0 Å². The Kier molecular flexibility index (Phi) is 8.75. The van der Waals surface area contributed by atoms with Crippen LogP contribution < -0.4 is 10.6 Å². The number of aromatic nitrogens is 3. The summed E-state index contributed by atoms with van der Waals surface area (Å²) in [5, 5.41) is 14.9. The monoisotopic (exact) mass is 573 g/mol. The number of rotatable bonds is 8. The molecule has 0 saturated heterocycles. The van der Waals surface area contributed by atoms with Crippen LogP contribution in [0, 0.1) is 5.82 Å². The topological polar surface area (TPSA) is 88.9 Å². The molecule has 2 amide bonds. The van der Waals surface area contributed by atoms with Gasteiger partial charge in [-0.25, -0.2) is 4.39 Å². The third-order valence-corrected chi connectivity index (χ3v) is 6.52. The first-order valence-electron chi connectivity index (χ1n) is 9.76. The summed E-state index contributed by atoms with van der Waals surface area (Å²) in [6.07, 6.45) is 0. The normalized spacial score (nSPS) is 11.8. The molecule has 0 saturated carbocycles. The fourth-order valence-electron chi connectivity index (χ4n) is 2.94. The Balaban J connectivity index is 1.65. The largest absolute Gasteiger partial charge is 0.342 e. The van der Waals surface area contributed by atoms with E-state index >= 15 is 0 Å². The van der Waals surface area contributed by atoms with E-state index < -0.39 is 11.9 Å². The lowest BCUT2D eigenvalue weighted by molar-refractivity contribution is -0.113. The summed E-state index contributed by atoms with van der Waals surface area (Å²) < 4.78 is 16.3. The van der Waals surface area contributed by atoms with E-state index in [1.807, 2.05) is 6.92 Å². The number of amides is 2. The predicted molar refractivity (Wildman–Crippen MR) is 131 cm³/mol. The number of nitrogens with zero attached hydrogens (tertiary/aromatic N) is 3. The second-order valence-electron chi connectivity index (χ2n) is 6.87. The summed E-state index contributed by atoms with van der Waals surface area (Å²) in [6, 6.07) is 8.54. The Morgan fingerprint density at radius 1 is 1.21 bits per heavy atom. The van der Waals surface area contributed by atoms with Gasteiger partial charge in [0, 0.05) is 16.0 Å². The van der Waals surface area contributed by atoms with Crippen LogP contribution in [0.25, 0.3) is 0 Å². The van der Waals surface area contributed by atoms with Gasteiger partial charge in [-0.1, -0.05) is 50.9 Å². The number of carbonyl (C=O) groups is 2. The first-order chi connectivity index (χ1) is 15.7. The second-order valence-corrected chi connectivity index (χ2v) is 9.57. The van der Waals surface area contributed by atoms with Crippen LogP contribution in [0.1, 0.15) is 36.1 Å². The Hall–Kier alpha value is -2.14.